The minimum atomic E-state index is -0.153. The maximum absolute atomic E-state index is 12.7. The van der Waals surface area contributed by atoms with Gasteiger partial charge in [0.05, 0.1) is 20.3 Å². The molecule has 0 unspecified atom stereocenters. The molecule has 1 aliphatic heterocycles. The number of carbonyl (C=O) groups excluding carboxylic acids is 1. The van der Waals surface area contributed by atoms with Gasteiger partial charge >= 0.3 is 0 Å². The lowest BCUT2D eigenvalue weighted by molar-refractivity contribution is -0.121. The highest BCUT2D eigenvalue weighted by Gasteiger charge is 2.22. The van der Waals surface area contributed by atoms with E-state index in [2.05, 4.69) is 20.5 Å². The van der Waals surface area contributed by atoms with Gasteiger partial charge in [-0.25, -0.2) is 4.98 Å². The molecule has 9 heteroatoms. The summed E-state index contributed by atoms with van der Waals surface area (Å²) in [5.41, 5.74) is 1.91. The molecule has 4 rings (SSSR count). The van der Waals surface area contributed by atoms with Crippen molar-refractivity contribution < 1.29 is 19.0 Å². The molecular weight excluding hydrogens is 440 g/mol. The lowest BCUT2D eigenvalue weighted by Gasteiger charge is -2.17. The van der Waals surface area contributed by atoms with Crippen LogP contribution in [0, 0.1) is 0 Å². The molecule has 3 aromatic rings. The number of thioether (sulfide) groups is 1. The van der Waals surface area contributed by atoms with Gasteiger partial charge in [0.1, 0.15) is 11.5 Å². The van der Waals surface area contributed by atoms with Crippen LogP contribution in [0.5, 0.6) is 11.5 Å². The van der Waals surface area contributed by atoms with Gasteiger partial charge in [0.25, 0.3) is 0 Å². The number of benzene rings is 2. The summed E-state index contributed by atoms with van der Waals surface area (Å²) in [5, 5.41) is 10.8. The number of rotatable bonds is 10. The molecule has 174 valence electrons. The Kier molecular flexibility index (Phi) is 7.85. The molecule has 0 aliphatic carbocycles. The van der Waals surface area contributed by atoms with Gasteiger partial charge in [-0.1, -0.05) is 23.9 Å². The first-order chi connectivity index (χ1) is 16.1. The number of hydrogen-bond donors (Lipinski definition) is 2. The number of amides is 1. The molecule has 1 aliphatic rings. The average Bonchev–Trinajstić information content (AvgIpc) is 3.55. The topological polar surface area (TPSA) is 98.4 Å². The van der Waals surface area contributed by atoms with Crippen LogP contribution in [0.1, 0.15) is 30.1 Å². The number of carbonyl (C=O) groups is 1. The van der Waals surface area contributed by atoms with E-state index in [1.165, 1.54) is 11.8 Å². The summed E-state index contributed by atoms with van der Waals surface area (Å²) < 4.78 is 16.1. The lowest BCUT2D eigenvalue weighted by atomic mass is 10.1. The first kappa shape index (κ1) is 23.1. The Morgan fingerprint density at radius 3 is 2.48 bits per heavy atom. The van der Waals surface area contributed by atoms with Crippen molar-refractivity contribution in [3.8, 4) is 22.9 Å². The number of aromatic amines is 1. The first-order valence-corrected chi connectivity index (χ1v) is 11.8. The van der Waals surface area contributed by atoms with Crippen molar-refractivity contribution in [2.24, 2.45) is 0 Å². The summed E-state index contributed by atoms with van der Waals surface area (Å²) >= 11 is 1.45. The normalized spacial score (nSPS) is 16.4. The van der Waals surface area contributed by atoms with Gasteiger partial charge in [-0.3, -0.25) is 9.89 Å². The Hall–Kier alpha value is -3.04. The van der Waals surface area contributed by atoms with Crippen LogP contribution in [0.3, 0.4) is 0 Å². The van der Waals surface area contributed by atoms with Crippen molar-refractivity contribution in [1.82, 2.24) is 20.5 Å². The molecule has 1 fully saturated rings. The van der Waals surface area contributed by atoms with E-state index < -0.39 is 0 Å². The van der Waals surface area contributed by atoms with Gasteiger partial charge in [-0.05, 0) is 54.8 Å². The average molecular weight is 469 g/mol. The molecule has 2 heterocycles. The molecule has 0 spiro atoms. The molecule has 2 atom stereocenters. The van der Waals surface area contributed by atoms with Crippen LogP contribution in [-0.4, -0.2) is 54.6 Å². The zero-order chi connectivity index (χ0) is 23.0. The molecule has 1 aromatic heterocycles. The van der Waals surface area contributed by atoms with E-state index in [0.717, 1.165) is 42.1 Å². The van der Waals surface area contributed by atoms with Gasteiger partial charge in [-0.2, -0.15) is 0 Å². The van der Waals surface area contributed by atoms with Gasteiger partial charge in [0.15, 0.2) is 5.82 Å². The molecule has 0 radical (unpaired) electrons. The Bertz CT molecular complexity index is 1030. The van der Waals surface area contributed by atoms with Crippen molar-refractivity contribution in [1.29, 1.82) is 0 Å². The number of ether oxygens (including phenoxy) is 3. The van der Waals surface area contributed by atoms with Crippen LogP contribution in [0.2, 0.25) is 0 Å². The maximum atomic E-state index is 12.7. The molecule has 8 nitrogen and oxygen atoms in total. The van der Waals surface area contributed by atoms with E-state index in [0.29, 0.717) is 23.9 Å². The highest BCUT2D eigenvalue weighted by Crippen LogP contribution is 2.37. The predicted molar refractivity (Wildman–Crippen MR) is 127 cm³/mol. The Morgan fingerprint density at radius 2 is 1.85 bits per heavy atom. The molecule has 33 heavy (non-hydrogen) atoms. The van der Waals surface area contributed by atoms with Gasteiger partial charge in [0.2, 0.25) is 11.1 Å². The van der Waals surface area contributed by atoms with E-state index in [-0.39, 0.29) is 17.3 Å². The Morgan fingerprint density at radius 1 is 1.15 bits per heavy atom. The van der Waals surface area contributed by atoms with E-state index in [1.54, 1.807) is 14.2 Å². The monoisotopic (exact) mass is 468 g/mol. The lowest BCUT2D eigenvalue weighted by Crippen LogP contribution is -2.32. The van der Waals surface area contributed by atoms with Crippen molar-refractivity contribution in [2.45, 2.75) is 35.8 Å². The number of aromatic nitrogens is 3. The highest BCUT2D eigenvalue weighted by molar-refractivity contribution is 7.99. The van der Waals surface area contributed by atoms with E-state index in [4.69, 9.17) is 14.2 Å². The van der Waals surface area contributed by atoms with Crippen LogP contribution in [0.25, 0.3) is 11.4 Å². The summed E-state index contributed by atoms with van der Waals surface area (Å²) in [4.78, 5) is 17.3. The fourth-order valence-electron chi connectivity index (χ4n) is 3.62. The third kappa shape index (κ3) is 6.27. The fourth-order valence-corrected chi connectivity index (χ4v) is 4.65. The number of H-pyrrole nitrogens is 1. The number of methoxy groups -OCH3 is 2. The summed E-state index contributed by atoms with van der Waals surface area (Å²) in [7, 11) is 3.27. The van der Waals surface area contributed by atoms with Crippen molar-refractivity contribution >= 4 is 17.7 Å². The first-order valence-electron chi connectivity index (χ1n) is 10.9. The molecule has 1 saturated heterocycles. The quantitative estimate of drug-likeness (QED) is 0.434. The van der Waals surface area contributed by atoms with Crippen LogP contribution in [-0.2, 0) is 9.53 Å². The predicted octanol–water partition coefficient (Wildman–Crippen LogP) is 4.01. The minimum Gasteiger partial charge on any atom is -0.497 e. The van der Waals surface area contributed by atoms with E-state index >= 15 is 0 Å². The van der Waals surface area contributed by atoms with Crippen LogP contribution in [0.15, 0.2) is 53.7 Å². The minimum absolute atomic E-state index is 0.0234. The SMILES string of the molecule is COc1ccc(-c2nc(S[C@@H](CC(=O)NC[C@H]3CCCO3)c3ccc(OC)cc3)n[nH]2)cc1. The zero-order valence-electron chi connectivity index (χ0n) is 18.7. The zero-order valence-corrected chi connectivity index (χ0v) is 19.6. The smallest absolute Gasteiger partial charge is 0.221 e. The fraction of sp³-hybridized carbons (Fsp3) is 0.375. The molecule has 1 amide bonds. The number of hydrogen-bond acceptors (Lipinski definition) is 7. The van der Waals surface area contributed by atoms with Gasteiger partial charge in [-0.15, -0.1) is 5.10 Å². The van der Waals surface area contributed by atoms with Gasteiger partial charge < -0.3 is 19.5 Å². The molecule has 0 saturated carbocycles. The largest absolute Gasteiger partial charge is 0.497 e. The summed E-state index contributed by atoms with van der Waals surface area (Å²) in [6, 6.07) is 15.3. The number of nitrogens with zero attached hydrogens (tertiary/aromatic N) is 2. The summed E-state index contributed by atoms with van der Waals surface area (Å²) in [5.74, 6) is 2.19. The standard InChI is InChI=1S/C24H28N4O4S/c1-30-18-9-5-16(6-10-18)21(14-22(29)25-15-20-4-3-13-32-20)33-24-26-23(27-28-24)17-7-11-19(31-2)12-8-17/h5-12,20-21H,3-4,13-15H2,1-2H3,(H,25,29)(H,26,27,28)/t20-,21+/m1/s1. The third-order valence-electron chi connectivity index (χ3n) is 5.49. The summed E-state index contributed by atoms with van der Waals surface area (Å²) in [6.45, 7) is 1.31. The summed E-state index contributed by atoms with van der Waals surface area (Å²) in [6.07, 6.45) is 2.45. The van der Waals surface area contributed by atoms with Gasteiger partial charge in [0, 0.05) is 30.4 Å². The molecule has 0 bridgehead atoms. The van der Waals surface area contributed by atoms with Crippen molar-refractivity contribution in [3.05, 3.63) is 54.1 Å². The maximum Gasteiger partial charge on any atom is 0.221 e. The van der Waals surface area contributed by atoms with Crippen LogP contribution < -0.4 is 14.8 Å². The Labute approximate surface area is 197 Å². The van der Waals surface area contributed by atoms with Crippen LogP contribution in [0.4, 0.5) is 0 Å². The highest BCUT2D eigenvalue weighted by atomic mass is 32.2. The van der Waals surface area contributed by atoms with Crippen molar-refractivity contribution in [2.75, 3.05) is 27.4 Å². The van der Waals surface area contributed by atoms with Crippen molar-refractivity contribution in [3.63, 3.8) is 0 Å². The van der Waals surface area contributed by atoms with E-state index in [9.17, 15) is 4.79 Å². The molecule has 2 aromatic carbocycles. The second-order valence-corrected chi connectivity index (χ2v) is 8.89. The Balaban J connectivity index is 1.46. The second-order valence-electron chi connectivity index (χ2n) is 7.72. The third-order valence-corrected chi connectivity index (χ3v) is 6.60. The second kappa shape index (κ2) is 11.2. The molecular formula is C24H28N4O4S. The van der Waals surface area contributed by atoms with Crippen LogP contribution >= 0.6 is 11.8 Å². The molecule has 2 N–H and O–H groups in total. The van der Waals surface area contributed by atoms with E-state index in [1.807, 2.05) is 48.5 Å². The number of nitrogens with one attached hydrogen (secondary N) is 2.